The summed E-state index contributed by atoms with van der Waals surface area (Å²) in [4.78, 5) is 9.32. The number of nitrogens with one attached hydrogen (secondary N) is 2. The van der Waals surface area contributed by atoms with Gasteiger partial charge in [0.1, 0.15) is 17.7 Å². The van der Waals surface area contributed by atoms with Crippen molar-refractivity contribution in [2.45, 2.75) is 65.6 Å². The van der Waals surface area contributed by atoms with Crippen LogP contribution in [0.4, 0.5) is 0 Å². The summed E-state index contributed by atoms with van der Waals surface area (Å²) in [7, 11) is 0. The van der Waals surface area contributed by atoms with Gasteiger partial charge in [0.15, 0.2) is 11.8 Å². The first-order valence-electron chi connectivity index (χ1n) is 10.3. The molecule has 3 rings (SSSR count). The van der Waals surface area contributed by atoms with Crippen LogP contribution in [-0.2, 0) is 19.4 Å². The van der Waals surface area contributed by atoms with Gasteiger partial charge in [0.05, 0.1) is 13.1 Å². The van der Waals surface area contributed by atoms with Crippen LogP contribution in [0.15, 0.2) is 29.3 Å². The SMILES string of the molecule is CCNC(=NCC(C)Oc1ccccc1C)NC1CCc2nc(CC)nn2C1. The molecule has 2 unspecified atom stereocenters. The molecule has 0 bridgehead atoms. The highest BCUT2D eigenvalue weighted by molar-refractivity contribution is 5.80. The zero-order valence-corrected chi connectivity index (χ0v) is 17.4. The van der Waals surface area contributed by atoms with Crippen LogP contribution in [0.25, 0.3) is 0 Å². The fourth-order valence-electron chi connectivity index (χ4n) is 3.30. The van der Waals surface area contributed by atoms with Crippen LogP contribution in [0.2, 0.25) is 0 Å². The molecule has 1 aromatic carbocycles. The van der Waals surface area contributed by atoms with Crippen molar-refractivity contribution in [2.24, 2.45) is 4.99 Å². The molecule has 7 heteroatoms. The fourth-order valence-corrected chi connectivity index (χ4v) is 3.30. The van der Waals surface area contributed by atoms with Crippen molar-refractivity contribution in [3.63, 3.8) is 0 Å². The molecule has 28 heavy (non-hydrogen) atoms. The van der Waals surface area contributed by atoms with Gasteiger partial charge in [-0.2, -0.15) is 5.10 Å². The first-order valence-corrected chi connectivity index (χ1v) is 10.3. The second-order valence-electron chi connectivity index (χ2n) is 7.27. The lowest BCUT2D eigenvalue weighted by atomic mass is 10.1. The molecular formula is C21H32N6O. The van der Waals surface area contributed by atoms with Gasteiger partial charge in [0, 0.05) is 25.4 Å². The Morgan fingerprint density at radius 3 is 2.93 bits per heavy atom. The number of rotatable bonds is 7. The summed E-state index contributed by atoms with van der Waals surface area (Å²) in [6.45, 7) is 10.5. The second kappa shape index (κ2) is 9.57. The van der Waals surface area contributed by atoms with Crippen molar-refractivity contribution in [3.8, 4) is 5.75 Å². The highest BCUT2D eigenvalue weighted by Gasteiger charge is 2.22. The van der Waals surface area contributed by atoms with Gasteiger partial charge in [0.2, 0.25) is 0 Å². The summed E-state index contributed by atoms with van der Waals surface area (Å²) < 4.78 is 8.08. The number of nitrogens with zero attached hydrogens (tertiary/aromatic N) is 4. The van der Waals surface area contributed by atoms with Gasteiger partial charge in [-0.1, -0.05) is 25.1 Å². The number of hydrogen-bond donors (Lipinski definition) is 2. The van der Waals surface area contributed by atoms with Crippen LogP contribution in [0.3, 0.4) is 0 Å². The Bertz CT molecular complexity index is 800. The number of ether oxygens (including phenoxy) is 1. The fraction of sp³-hybridized carbons (Fsp3) is 0.571. The van der Waals surface area contributed by atoms with Crippen LogP contribution in [0.1, 0.15) is 44.4 Å². The summed E-state index contributed by atoms with van der Waals surface area (Å²) in [6, 6.07) is 8.37. The van der Waals surface area contributed by atoms with Crippen molar-refractivity contribution in [3.05, 3.63) is 41.5 Å². The Labute approximate surface area is 167 Å². The van der Waals surface area contributed by atoms with E-state index >= 15 is 0 Å². The van der Waals surface area contributed by atoms with Crippen LogP contribution in [0, 0.1) is 6.92 Å². The van der Waals surface area contributed by atoms with Crippen molar-refractivity contribution >= 4 is 5.96 Å². The van der Waals surface area contributed by atoms with Crippen LogP contribution in [-0.4, -0.2) is 46.0 Å². The van der Waals surface area contributed by atoms with Gasteiger partial charge in [-0.15, -0.1) is 0 Å². The number of aromatic nitrogens is 3. The van der Waals surface area contributed by atoms with E-state index in [1.807, 2.05) is 29.8 Å². The summed E-state index contributed by atoms with van der Waals surface area (Å²) in [5.41, 5.74) is 1.14. The van der Waals surface area contributed by atoms with Crippen LogP contribution < -0.4 is 15.4 Å². The predicted octanol–water partition coefficient (Wildman–Crippen LogP) is 2.49. The average Bonchev–Trinajstić information content (AvgIpc) is 3.10. The second-order valence-corrected chi connectivity index (χ2v) is 7.27. The predicted molar refractivity (Wildman–Crippen MR) is 112 cm³/mol. The van der Waals surface area contributed by atoms with E-state index in [4.69, 9.17) is 9.73 Å². The van der Waals surface area contributed by atoms with Crippen molar-refractivity contribution < 1.29 is 4.74 Å². The summed E-state index contributed by atoms with van der Waals surface area (Å²) in [5.74, 6) is 3.77. The molecule has 152 valence electrons. The Kier molecular flexibility index (Phi) is 6.90. The third-order valence-electron chi connectivity index (χ3n) is 4.83. The van der Waals surface area contributed by atoms with E-state index < -0.39 is 0 Å². The maximum absolute atomic E-state index is 6.04. The Morgan fingerprint density at radius 2 is 2.18 bits per heavy atom. The van der Waals surface area contributed by atoms with E-state index in [9.17, 15) is 0 Å². The van der Waals surface area contributed by atoms with Gasteiger partial charge in [-0.3, -0.25) is 0 Å². The number of aliphatic imine (C=N–C) groups is 1. The minimum atomic E-state index is -0.00283. The van der Waals surface area contributed by atoms with Gasteiger partial charge in [-0.25, -0.2) is 14.7 Å². The molecule has 0 aliphatic carbocycles. The van der Waals surface area contributed by atoms with E-state index in [1.165, 1.54) is 0 Å². The van der Waals surface area contributed by atoms with Gasteiger partial charge < -0.3 is 15.4 Å². The average molecular weight is 385 g/mol. The number of fused-ring (bicyclic) bond motifs is 1. The first kappa shape index (κ1) is 20.2. The van der Waals surface area contributed by atoms with E-state index in [-0.39, 0.29) is 6.10 Å². The molecule has 0 radical (unpaired) electrons. The van der Waals surface area contributed by atoms with Gasteiger partial charge in [0.25, 0.3) is 0 Å². The van der Waals surface area contributed by atoms with Crippen LogP contribution in [0.5, 0.6) is 5.75 Å². The topological polar surface area (TPSA) is 76.4 Å². The Morgan fingerprint density at radius 1 is 1.36 bits per heavy atom. The summed E-state index contributed by atoms with van der Waals surface area (Å²) >= 11 is 0. The molecule has 1 aromatic heterocycles. The largest absolute Gasteiger partial charge is 0.489 e. The van der Waals surface area contributed by atoms with Crippen molar-refractivity contribution in [1.29, 1.82) is 0 Å². The summed E-state index contributed by atoms with van der Waals surface area (Å²) in [6.07, 6.45) is 2.84. The number of para-hydroxylation sites is 1. The third-order valence-corrected chi connectivity index (χ3v) is 4.83. The Hall–Kier alpha value is -2.57. The van der Waals surface area contributed by atoms with Crippen LogP contribution >= 0.6 is 0 Å². The number of guanidine groups is 1. The Balaban J connectivity index is 1.57. The minimum Gasteiger partial charge on any atom is -0.489 e. The lowest BCUT2D eigenvalue weighted by Crippen LogP contribution is -2.47. The quantitative estimate of drug-likeness (QED) is 0.567. The van der Waals surface area contributed by atoms with Crippen molar-refractivity contribution in [2.75, 3.05) is 13.1 Å². The third kappa shape index (κ3) is 5.24. The van der Waals surface area contributed by atoms with E-state index in [0.29, 0.717) is 12.6 Å². The molecule has 0 fully saturated rings. The maximum Gasteiger partial charge on any atom is 0.191 e. The smallest absolute Gasteiger partial charge is 0.191 e. The molecule has 2 N–H and O–H groups in total. The zero-order valence-electron chi connectivity index (χ0n) is 17.4. The minimum absolute atomic E-state index is 0.00283. The number of hydrogen-bond acceptors (Lipinski definition) is 4. The molecule has 0 amide bonds. The van der Waals surface area contributed by atoms with Crippen molar-refractivity contribution in [1.82, 2.24) is 25.4 Å². The van der Waals surface area contributed by atoms with E-state index in [2.05, 4.69) is 47.6 Å². The van der Waals surface area contributed by atoms with E-state index in [1.54, 1.807) is 0 Å². The number of benzene rings is 1. The van der Waals surface area contributed by atoms with Gasteiger partial charge >= 0.3 is 0 Å². The molecule has 7 nitrogen and oxygen atoms in total. The van der Waals surface area contributed by atoms with E-state index in [0.717, 1.165) is 61.3 Å². The maximum atomic E-state index is 6.04. The molecule has 0 saturated carbocycles. The standard InChI is InChI=1S/C21H32N6O/c1-5-19-25-20-12-11-17(14-27(20)26-19)24-21(22-6-2)23-13-16(4)28-18-10-8-7-9-15(18)3/h7-10,16-17H,5-6,11-14H2,1-4H3,(H2,22,23,24). The molecule has 1 aliphatic heterocycles. The molecule has 1 aliphatic rings. The monoisotopic (exact) mass is 384 g/mol. The zero-order chi connectivity index (χ0) is 19.9. The molecule has 0 spiro atoms. The van der Waals surface area contributed by atoms with Gasteiger partial charge in [-0.05, 0) is 38.8 Å². The highest BCUT2D eigenvalue weighted by Crippen LogP contribution is 2.18. The molecule has 2 aromatic rings. The lowest BCUT2D eigenvalue weighted by Gasteiger charge is -2.25. The summed E-state index contributed by atoms with van der Waals surface area (Å²) in [5, 5.41) is 11.5. The normalized spacial score (nSPS) is 17.7. The number of aryl methyl sites for hydroxylation is 3. The first-order chi connectivity index (χ1) is 13.6. The highest BCUT2D eigenvalue weighted by atomic mass is 16.5. The molecule has 0 saturated heterocycles. The molecule has 2 atom stereocenters. The lowest BCUT2D eigenvalue weighted by molar-refractivity contribution is 0.228. The molecule has 2 heterocycles. The molecular weight excluding hydrogens is 352 g/mol.